The van der Waals surface area contributed by atoms with Crippen LogP contribution in [0.2, 0.25) is 0 Å². The van der Waals surface area contributed by atoms with Crippen LogP contribution in [0.1, 0.15) is 18.4 Å². The van der Waals surface area contributed by atoms with Gasteiger partial charge < -0.3 is 10.1 Å². The second-order valence-corrected chi connectivity index (χ2v) is 5.97. The SMILES string of the molecule is O=C(Nc1ccc(OCC(F)(F)F)cc1)C1(c2ccc(F)cc2)CC1. The van der Waals surface area contributed by atoms with Gasteiger partial charge >= 0.3 is 6.18 Å². The molecule has 0 atom stereocenters. The molecular weight excluding hydrogens is 338 g/mol. The molecule has 3 nitrogen and oxygen atoms in total. The van der Waals surface area contributed by atoms with Gasteiger partial charge in [0.25, 0.3) is 0 Å². The number of benzene rings is 2. The number of rotatable bonds is 5. The van der Waals surface area contributed by atoms with Crippen molar-refractivity contribution < 1.29 is 27.1 Å². The van der Waals surface area contributed by atoms with Crippen LogP contribution in [0.25, 0.3) is 0 Å². The molecule has 0 saturated heterocycles. The molecule has 0 radical (unpaired) electrons. The first-order chi connectivity index (χ1) is 11.8. The lowest BCUT2D eigenvalue weighted by atomic mass is 9.95. The summed E-state index contributed by atoms with van der Waals surface area (Å²) in [5.41, 5.74) is 0.536. The lowest BCUT2D eigenvalue weighted by Crippen LogP contribution is -2.27. The van der Waals surface area contributed by atoms with Crippen molar-refractivity contribution in [2.24, 2.45) is 0 Å². The first kappa shape index (κ1) is 17.3. The molecule has 0 spiro atoms. The van der Waals surface area contributed by atoms with Gasteiger partial charge in [-0.2, -0.15) is 13.2 Å². The number of ether oxygens (including phenoxy) is 1. The van der Waals surface area contributed by atoms with E-state index in [9.17, 15) is 22.4 Å². The molecule has 2 aromatic carbocycles. The molecule has 3 rings (SSSR count). The standard InChI is InChI=1S/C18H15F4NO2/c19-13-3-1-12(2-4-13)17(9-10-17)16(24)23-14-5-7-15(8-6-14)25-11-18(20,21)22/h1-8H,9-11H2,(H,23,24). The van der Waals surface area contributed by atoms with E-state index in [0.29, 0.717) is 18.5 Å². The highest BCUT2D eigenvalue weighted by Gasteiger charge is 2.51. The lowest BCUT2D eigenvalue weighted by Gasteiger charge is -2.16. The third kappa shape index (κ3) is 4.10. The molecule has 0 heterocycles. The van der Waals surface area contributed by atoms with Crippen molar-refractivity contribution in [2.45, 2.75) is 24.4 Å². The third-order valence-electron chi connectivity index (χ3n) is 4.10. The number of carbonyl (C=O) groups is 1. The Balaban J connectivity index is 1.64. The van der Waals surface area contributed by atoms with Crippen LogP contribution >= 0.6 is 0 Å². The van der Waals surface area contributed by atoms with Crippen LogP contribution in [-0.2, 0) is 10.2 Å². The summed E-state index contributed by atoms with van der Waals surface area (Å²) >= 11 is 0. The summed E-state index contributed by atoms with van der Waals surface area (Å²) in [6.07, 6.45) is -3.07. The van der Waals surface area contributed by atoms with Crippen LogP contribution in [0.4, 0.5) is 23.2 Å². The van der Waals surface area contributed by atoms with Gasteiger partial charge in [-0.15, -0.1) is 0 Å². The van der Waals surface area contributed by atoms with E-state index in [1.807, 2.05) is 0 Å². The van der Waals surface area contributed by atoms with Crippen molar-refractivity contribution in [3.63, 3.8) is 0 Å². The minimum absolute atomic E-state index is 0.0648. The third-order valence-corrected chi connectivity index (χ3v) is 4.10. The number of amides is 1. The predicted molar refractivity (Wildman–Crippen MR) is 83.9 cm³/mol. The Morgan fingerprint density at radius 2 is 1.64 bits per heavy atom. The monoisotopic (exact) mass is 353 g/mol. The number of hydrogen-bond acceptors (Lipinski definition) is 2. The molecule has 25 heavy (non-hydrogen) atoms. The molecule has 1 amide bonds. The van der Waals surface area contributed by atoms with Crippen molar-refractivity contribution >= 4 is 11.6 Å². The molecule has 7 heteroatoms. The van der Waals surface area contributed by atoms with Gasteiger partial charge in [0.1, 0.15) is 11.6 Å². The summed E-state index contributed by atoms with van der Waals surface area (Å²) in [4.78, 5) is 12.5. The second kappa shape index (κ2) is 6.38. The van der Waals surface area contributed by atoms with E-state index in [1.165, 1.54) is 36.4 Å². The van der Waals surface area contributed by atoms with E-state index in [-0.39, 0.29) is 17.5 Å². The maximum Gasteiger partial charge on any atom is 0.422 e. The van der Waals surface area contributed by atoms with Gasteiger partial charge in [-0.3, -0.25) is 4.79 Å². The molecular formula is C18H15F4NO2. The minimum Gasteiger partial charge on any atom is -0.484 e. The van der Waals surface area contributed by atoms with E-state index in [4.69, 9.17) is 0 Å². The van der Waals surface area contributed by atoms with Gasteiger partial charge in [0.2, 0.25) is 5.91 Å². The van der Waals surface area contributed by atoms with Crippen molar-refractivity contribution in [1.82, 2.24) is 0 Å². The predicted octanol–water partition coefficient (Wildman–Crippen LogP) is 4.44. The second-order valence-electron chi connectivity index (χ2n) is 5.97. The quantitative estimate of drug-likeness (QED) is 0.807. The highest BCUT2D eigenvalue weighted by atomic mass is 19.4. The number of halogens is 4. The van der Waals surface area contributed by atoms with Crippen molar-refractivity contribution in [2.75, 3.05) is 11.9 Å². The Labute approximate surface area is 141 Å². The Morgan fingerprint density at radius 3 is 2.16 bits per heavy atom. The van der Waals surface area contributed by atoms with E-state index in [0.717, 1.165) is 5.56 Å². The summed E-state index contributed by atoms with van der Waals surface area (Å²) < 4.78 is 54.0. The lowest BCUT2D eigenvalue weighted by molar-refractivity contribution is -0.153. The summed E-state index contributed by atoms with van der Waals surface area (Å²) in [6.45, 7) is -1.37. The van der Waals surface area contributed by atoms with Gasteiger partial charge in [-0.25, -0.2) is 4.39 Å². The van der Waals surface area contributed by atoms with E-state index >= 15 is 0 Å². The summed E-state index contributed by atoms with van der Waals surface area (Å²) in [5.74, 6) is -0.521. The van der Waals surface area contributed by atoms with Crippen molar-refractivity contribution in [3.05, 3.63) is 59.9 Å². The van der Waals surface area contributed by atoms with Crippen LogP contribution in [0.15, 0.2) is 48.5 Å². The molecule has 1 aliphatic carbocycles. The fourth-order valence-corrected chi connectivity index (χ4v) is 2.59. The average Bonchev–Trinajstić information content (AvgIpc) is 3.36. The smallest absolute Gasteiger partial charge is 0.422 e. The highest BCUT2D eigenvalue weighted by molar-refractivity contribution is 6.01. The number of hydrogen-bond donors (Lipinski definition) is 1. The molecule has 0 aliphatic heterocycles. The number of carbonyl (C=O) groups excluding carboxylic acids is 1. The van der Waals surface area contributed by atoms with Gasteiger partial charge in [0.15, 0.2) is 6.61 Å². The molecule has 132 valence electrons. The fraction of sp³-hybridized carbons (Fsp3) is 0.278. The Kier molecular flexibility index (Phi) is 4.41. The van der Waals surface area contributed by atoms with Gasteiger partial charge in [0, 0.05) is 5.69 Å². The Morgan fingerprint density at radius 1 is 1.04 bits per heavy atom. The van der Waals surface area contributed by atoms with Crippen molar-refractivity contribution in [3.8, 4) is 5.75 Å². The summed E-state index contributed by atoms with van der Waals surface area (Å²) in [7, 11) is 0. The molecule has 0 unspecified atom stereocenters. The average molecular weight is 353 g/mol. The first-order valence-corrected chi connectivity index (χ1v) is 7.66. The summed E-state index contributed by atoms with van der Waals surface area (Å²) in [5, 5.41) is 2.75. The van der Waals surface area contributed by atoms with Crippen molar-refractivity contribution in [1.29, 1.82) is 0 Å². The van der Waals surface area contributed by atoms with Gasteiger partial charge in [0.05, 0.1) is 5.41 Å². The zero-order valence-electron chi connectivity index (χ0n) is 13.1. The molecule has 0 aromatic heterocycles. The molecule has 1 aliphatic rings. The maximum atomic E-state index is 13.0. The number of nitrogens with one attached hydrogen (secondary N) is 1. The minimum atomic E-state index is -4.40. The van der Waals surface area contributed by atoms with E-state index in [2.05, 4.69) is 10.1 Å². The highest BCUT2D eigenvalue weighted by Crippen LogP contribution is 2.49. The normalized spacial score (nSPS) is 15.5. The molecule has 0 bridgehead atoms. The van der Waals surface area contributed by atoms with Gasteiger partial charge in [-0.1, -0.05) is 12.1 Å². The maximum absolute atomic E-state index is 13.0. The van der Waals surface area contributed by atoms with Crippen LogP contribution in [0.5, 0.6) is 5.75 Å². The molecule has 1 N–H and O–H groups in total. The van der Waals surface area contributed by atoms with Gasteiger partial charge in [-0.05, 0) is 54.8 Å². The Bertz CT molecular complexity index is 750. The first-order valence-electron chi connectivity index (χ1n) is 7.66. The zero-order valence-corrected chi connectivity index (χ0v) is 13.1. The fourth-order valence-electron chi connectivity index (χ4n) is 2.59. The van der Waals surface area contributed by atoms with Crippen LogP contribution < -0.4 is 10.1 Å². The summed E-state index contributed by atoms with van der Waals surface area (Å²) in [6, 6.07) is 11.5. The topological polar surface area (TPSA) is 38.3 Å². The van der Waals surface area contributed by atoms with E-state index < -0.39 is 18.2 Å². The van der Waals surface area contributed by atoms with Crippen LogP contribution in [0, 0.1) is 5.82 Å². The molecule has 1 fully saturated rings. The van der Waals surface area contributed by atoms with E-state index in [1.54, 1.807) is 12.1 Å². The number of alkyl halides is 3. The molecule has 1 saturated carbocycles. The Hall–Kier alpha value is -2.57. The van der Waals surface area contributed by atoms with Crippen LogP contribution in [0.3, 0.4) is 0 Å². The number of anilines is 1. The molecule has 2 aromatic rings. The van der Waals surface area contributed by atoms with Crippen LogP contribution in [-0.4, -0.2) is 18.7 Å². The zero-order chi connectivity index (χ0) is 18.1. The largest absolute Gasteiger partial charge is 0.484 e.